The molecule has 0 atom stereocenters. The molecule has 0 aliphatic rings. The van der Waals surface area contributed by atoms with Crippen LogP contribution in [0.1, 0.15) is 20.8 Å². The van der Waals surface area contributed by atoms with Crippen LogP contribution in [0.3, 0.4) is 0 Å². The fraction of sp³-hybridized carbons (Fsp3) is 0.364. The summed E-state index contributed by atoms with van der Waals surface area (Å²) in [5.74, 6) is 0. The first-order valence-corrected chi connectivity index (χ1v) is 4.71. The number of aromatic nitrogens is 2. The largest absolute Gasteiger partial charge is 0.397 e. The van der Waals surface area contributed by atoms with Crippen molar-refractivity contribution in [2.24, 2.45) is 0 Å². The molecular formula is C11H15N3. The highest BCUT2D eigenvalue weighted by Crippen LogP contribution is 2.23. The minimum Gasteiger partial charge on any atom is -0.397 e. The quantitative estimate of drug-likeness (QED) is 0.691. The Morgan fingerprint density at radius 3 is 2.71 bits per heavy atom. The van der Waals surface area contributed by atoms with Gasteiger partial charge in [0, 0.05) is 17.1 Å². The maximum Gasteiger partial charge on any atom is 0.140 e. The van der Waals surface area contributed by atoms with Gasteiger partial charge in [-0.2, -0.15) is 0 Å². The van der Waals surface area contributed by atoms with Crippen molar-refractivity contribution in [2.75, 3.05) is 5.73 Å². The van der Waals surface area contributed by atoms with Crippen LogP contribution in [0.5, 0.6) is 0 Å². The summed E-state index contributed by atoms with van der Waals surface area (Å²) in [4.78, 5) is 4.35. The molecule has 2 aromatic heterocycles. The van der Waals surface area contributed by atoms with E-state index in [1.807, 2.05) is 12.1 Å². The molecule has 2 heterocycles. The van der Waals surface area contributed by atoms with Crippen LogP contribution in [0, 0.1) is 0 Å². The van der Waals surface area contributed by atoms with E-state index in [9.17, 15) is 0 Å². The van der Waals surface area contributed by atoms with Crippen molar-refractivity contribution in [3.05, 3.63) is 24.5 Å². The zero-order chi connectivity index (χ0) is 10.3. The highest BCUT2D eigenvalue weighted by atomic mass is 15.1. The van der Waals surface area contributed by atoms with Gasteiger partial charge in [0.05, 0.1) is 11.9 Å². The third-order valence-electron chi connectivity index (χ3n) is 2.27. The number of rotatable bonds is 0. The van der Waals surface area contributed by atoms with Crippen LogP contribution in [0.4, 0.5) is 5.69 Å². The summed E-state index contributed by atoms with van der Waals surface area (Å²) in [7, 11) is 0. The van der Waals surface area contributed by atoms with E-state index in [-0.39, 0.29) is 5.54 Å². The fourth-order valence-corrected chi connectivity index (χ4v) is 1.58. The zero-order valence-electron chi connectivity index (χ0n) is 8.78. The molecule has 0 amide bonds. The number of pyridine rings is 1. The molecule has 0 aromatic carbocycles. The Hall–Kier alpha value is -1.51. The first kappa shape index (κ1) is 9.06. The first-order chi connectivity index (χ1) is 6.48. The van der Waals surface area contributed by atoms with Gasteiger partial charge in [0.2, 0.25) is 0 Å². The van der Waals surface area contributed by atoms with Gasteiger partial charge in [-0.15, -0.1) is 0 Å². The van der Waals surface area contributed by atoms with E-state index in [4.69, 9.17) is 5.73 Å². The van der Waals surface area contributed by atoms with E-state index >= 15 is 0 Å². The smallest absolute Gasteiger partial charge is 0.140 e. The Morgan fingerprint density at radius 1 is 1.36 bits per heavy atom. The average Bonchev–Trinajstić information content (AvgIpc) is 2.45. The van der Waals surface area contributed by atoms with E-state index in [0.29, 0.717) is 5.69 Å². The van der Waals surface area contributed by atoms with Crippen LogP contribution < -0.4 is 5.73 Å². The summed E-state index contributed by atoms with van der Waals surface area (Å²) in [5.41, 5.74) is 7.44. The molecule has 74 valence electrons. The molecule has 0 aliphatic heterocycles. The van der Waals surface area contributed by atoms with Gasteiger partial charge < -0.3 is 10.3 Å². The van der Waals surface area contributed by atoms with Crippen LogP contribution in [0.25, 0.3) is 11.0 Å². The maximum atomic E-state index is 5.67. The molecule has 0 spiro atoms. The molecule has 0 saturated carbocycles. The first-order valence-electron chi connectivity index (χ1n) is 4.71. The van der Waals surface area contributed by atoms with Crippen LogP contribution in [0.2, 0.25) is 0 Å². The van der Waals surface area contributed by atoms with Crippen LogP contribution in [0.15, 0.2) is 24.5 Å². The predicted molar refractivity (Wildman–Crippen MR) is 59.1 cm³/mol. The minimum atomic E-state index is 0.0604. The molecule has 3 heteroatoms. The molecule has 0 unspecified atom stereocenters. The molecule has 2 aromatic rings. The number of hydrogen-bond donors (Lipinski definition) is 1. The number of nitrogens with two attached hydrogens (primary N) is 1. The minimum absolute atomic E-state index is 0.0604. The zero-order valence-corrected chi connectivity index (χ0v) is 8.78. The number of nitrogen functional groups attached to an aromatic ring is 1. The summed E-state index contributed by atoms with van der Waals surface area (Å²) in [6.07, 6.45) is 3.75. The molecule has 0 bridgehead atoms. The topological polar surface area (TPSA) is 43.8 Å². The van der Waals surface area contributed by atoms with Gasteiger partial charge in [-0.05, 0) is 32.9 Å². The highest BCUT2D eigenvalue weighted by molar-refractivity contribution is 5.79. The molecule has 3 nitrogen and oxygen atoms in total. The second-order valence-electron chi connectivity index (χ2n) is 4.54. The van der Waals surface area contributed by atoms with Gasteiger partial charge in [0.1, 0.15) is 5.65 Å². The Kier molecular flexibility index (Phi) is 1.77. The number of fused-ring (bicyclic) bond motifs is 1. The molecule has 2 rings (SSSR count). The predicted octanol–water partition coefficient (Wildman–Crippen LogP) is 2.37. The summed E-state index contributed by atoms with van der Waals surface area (Å²) in [5, 5.41) is 1.10. The standard InChI is InChI=1S/C11H15N3/c1-11(2,3)14-5-4-8-6-9(12)7-13-10(8)14/h4-7H,12H2,1-3H3. The number of nitrogens with zero attached hydrogens (tertiary/aromatic N) is 2. The number of anilines is 1. The fourth-order valence-electron chi connectivity index (χ4n) is 1.58. The van der Waals surface area contributed by atoms with Crippen LogP contribution >= 0.6 is 0 Å². The van der Waals surface area contributed by atoms with Crippen molar-refractivity contribution in [3.8, 4) is 0 Å². The van der Waals surface area contributed by atoms with E-state index in [1.54, 1.807) is 6.20 Å². The molecule has 0 fully saturated rings. The van der Waals surface area contributed by atoms with Crippen molar-refractivity contribution in [2.45, 2.75) is 26.3 Å². The molecule has 0 saturated heterocycles. The number of hydrogen-bond acceptors (Lipinski definition) is 2. The van der Waals surface area contributed by atoms with Gasteiger partial charge in [0.25, 0.3) is 0 Å². The lowest BCUT2D eigenvalue weighted by molar-refractivity contribution is 0.408. The monoisotopic (exact) mass is 189 g/mol. The van der Waals surface area contributed by atoms with Crippen molar-refractivity contribution < 1.29 is 0 Å². The van der Waals surface area contributed by atoms with E-state index in [1.165, 1.54) is 0 Å². The normalized spacial score (nSPS) is 12.2. The van der Waals surface area contributed by atoms with Crippen molar-refractivity contribution in [1.82, 2.24) is 9.55 Å². The molecule has 2 N–H and O–H groups in total. The third kappa shape index (κ3) is 1.35. The summed E-state index contributed by atoms with van der Waals surface area (Å²) < 4.78 is 2.15. The lowest BCUT2D eigenvalue weighted by atomic mass is 10.1. The molecular weight excluding hydrogens is 174 g/mol. The van der Waals surface area contributed by atoms with Gasteiger partial charge in [0.15, 0.2) is 0 Å². The van der Waals surface area contributed by atoms with Crippen molar-refractivity contribution in [3.63, 3.8) is 0 Å². The third-order valence-corrected chi connectivity index (χ3v) is 2.27. The Bertz CT molecular complexity index is 463. The Morgan fingerprint density at radius 2 is 2.07 bits per heavy atom. The van der Waals surface area contributed by atoms with Gasteiger partial charge in [-0.25, -0.2) is 4.98 Å². The van der Waals surface area contributed by atoms with E-state index in [2.05, 4.69) is 36.5 Å². The summed E-state index contributed by atoms with van der Waals surface area (Å²) in [6, 6.07) is 3.99. The Labute approximate surface area is 83.6 Å². The molecule has 0 radical (unpaired) electrons. The second-order valence-corrected chi connectivity index (χ2v) is 4.54. The highest BCUT2D eigenvalue weighted by Gasteiger charge is 2.15. The second kappa shape index (κ2) is 2.74. The lowest BCUT2D eigenvalue weighted by Crippen LogP contribution is -2.20. The SMILES string of the molecule is CC(C)(C)n1ccc2cc(N)cnc21. The summed E-state index contributed by atoms with van der Waals surface area (Å²) in [6.45, 7) is 6.47. The Balaban J connectivity index is 2.70. The molecule has 14 heavy (non-hydrogen) atoms. The van der Waals surface area contributed by atoms with Gasteiger partial charge in [-0.1, -0.05) is 0 Å². The maximum absolute atomic E-state index is 5.67. The molecule has 0 aliphatic carbocycles. The lowest BCUT2D eigenvalue weighted by Gasteiger charge is -2.21. The van der Waals surface area contributed by atoms with Crippen molar-refractivity contribution in [1.29, 1.82) is 0 Å². The van der Waals surface area contributed by atoms with Gasteiger partial charge in [-0.3, -0.25) is 0 Å². The average molecular weight is 189 g/mol. The van der Waals surface area contributed by atoms with E-state index in [0.717, 1.165) is 11.0 Å². The van der Waals surface area contributed by atoms with Crippen molar-refractivity contribution >= 4 is 16.7 Å². The van der Waals surface area contributed by atoms with Crippen LogP contribution in [-0.2, 0) is 5.54 Å². The summed E-state index contributed by atoms with van der Waals surface area (Å²) >= 11 is 0. The van der Waals surface area contributed by atoms with E-state index < -0.39 is 0 Å². The van der Waals surface area contributed by atoms with Crippen LogP contribution in [-0.4, -0.2) is 9.55 Å². The van der Waals surface area contributed by atoms with Gasteiger partial charge >= 0.3 is 0 Å².